The molecule has 0 bridgehead atoms. The van der Waals surface area contributed by atoms with Crippen LogP contribution in [0.1, 0.15) is 37.7 Å². The van der Waals surface area contributed by atoms with Crippen molar-refractivity contribution < 1.29 is 4.79 Å². The molecule has 1 saturated heterocycles. The molecule has 2 atom stereocenters. The van der Waals surface area contributed by atoms with Gasteiger partial charge in [-0.1, -0.05) is 12.5 Å². The molecule has 3 aromatic heterocycles. The molecule has 1 aliphatic heterocycles. The summed E-state index contributed by atoms with van der Waals surface area (Å²) in [5.74, 6) is 3.25. The number of nitrogens with zero attached hydrogens (tertiary/aromatic N) is 5. The summed E-state index contributed by atoms with van der Waals surface area (Å²) in [7, 11) is 1.74. The highest BCUT2D eigenvalue weighted by atomic mass is 16.1. The van der Waals surface area contributed by atoms with E-state index >= 15 is 0 Å². The molecule has 1 saturated carbocycles. The molecular formula is C26H31N7O. The molecule has 34 heavy (non-hydrogen) atoms. The molecule has 8 heteroatoms. The predicted octanol–water partition coefficient (Wildman–Crippen LogP) is 4.12. The van der Waals surface area contributed by atoms with Gasteiger partial charge in [0.15, 0.2) is 5.82 Å². The Hall–Kier alpha value is -3.55. The van der Waals surface area contributed by atoms with Gasteiger partial charge in [0.05, 0.1) is 0 Å². The van der Waals surface area contributed by atoms with Crippen molar-refractivity contribution in [3.05, 3.63) is 54.5 Å². The van der Waals surface area contributed by atoms with Crippen molar-refractivity contribution in [1.29, 1.82) is 0 Å². The number of carbonyl (C=O) groups is 1. The fraction of sp³-hybridized carbons (Fsp3) is 0.423. The molecule has 3 aromatic rings. The van der Waals surface area contributed by atoms with Crippen LogP contribution in [0.5, 0.6) is 0 Å². The van der Waals surface area contributed by atoms with E-state index in [-0.39, 0.29) is 17.2 Å². The van der Waals surface area contributed by atoms with E-state index in [9.17, 15) is 4.79 Å². The first kappa shape index (κ1) is 22.3. The summed E-state index contributed by atoms with van der Waals surface area (Å²) in [6.45, 7) is 3.85. The zero-order valence-corrected chi connectivity index (χ0v) is 19.8. The second kappa shape index (κ2) is 9.37. The Balaban J connectivity index is 1.43. The second-order valence-corrected chi connectivity index (χ2v) is 9.60. The molecular weight excluding hydrogens is 426 g/mol. The van der Waals surface area contributed by atoms with Gasteiger partial charge in [0.2, 0.25) is 5.91 Å². The lowest BCUT2D eigenvalue weighted by molar-refractivity contribution is -0.126. The maximum absolute atomic E-state index is 12.3. The molecule has 0 radical (unpaired) electrons. The average molecular weight is 458 g/mol. The second-order valence-electron chi connectivity index (χ2n) is 9.60. The number of anilines is 3. The molecule has 1 amide bonds. The van der Waals surface area contributed by atoms with Crippen molar-refractivity contribution in [3.63, 3.8) is 0 Å². The van der Waals surface area contributed by atoms with Crippen LogP contribution in [0.2, 0.25) is 0 Å². The minimum Gasteiger partial charge on any atom is -0.359 e. The molecule has 4 heterocycles. The highest BCUT2D eigenvalue weighted by Gasteiger charge is 2.43. The van der Waals surface area contributed by atoms with Crippen LogP contribution in [0.15, 0.2) is 48.9 Å². The fourth-order valence-corrected chi connectivity index (χ4v) is 5.34. The van der Waals surface area contributed by atoms with Gasteiger partial charge >= 0.3 is 0 Å². The topological polar surface area (TPSA) is 95.9 Å². The third-order valence-electron chi connectivity index (χ3n) is 7.12. The van der Waals surface area contributed by atoms with Crippen molar-refractivity contribution in [3.8, 4) is 11.4 Å². The molecule has 5 rings (SSSR count). The Morgan fingerprint density at radius 2 is 2.06 bits per heavy atom. The van der Waals surface area contributed by atoms with Gasteiger partial charge in [-0.3, -0.25) is 9.78 Å². The number of hydrogen-bond donors (Lipinski definition) is 2. The quantitative estimate of drug-likeness (QED) is 0.595. The van der Waals surface area contributed by atoms with E-state index in [0.29, 0.717) is 11.6 Å². The largest absolute Gasteiger partial charge is 0.359 e. The van der Waals surface area contributed by atoms with Crippen molar-refractivity contribution >= 4 is 23.4 Å². The summed E-state index contributed by atoms with van der Waals surface area (Å²) in [5.41, 5.74) is 2.14. The third-order valence-corrected chi connectivity index (χ3v) is 7.12. The van der Waals surface area contributed by atoms with Crippen LogP contribution in [0.25, 0.3) is 11.4 Å². The average Bonchev–Trinajstić information content (AvgIpc) is 3.28. The number of amides is 1. The number of hydrogen-bond acceptors (Lipinski definition) is 7. The minimum atomic E-state index is 0.111. The third kappa shape index (κ3) is 4.71. The van der Waals surface area contributed by atoms with Gasteiger partial charge in [0.1, 0.15) is 17.5 Å². The molecule has 8 nitrogen and oxygen atoms in total. The maximum Gasteiger partial charge on any atom is 0.222 e. The van der Waals surface area contributed by atoms with E-state index in [2.05, 4.69) is 25.5 Å². The Morgan fingerprint density at radius 1 is 1.15 bits per heavy atom. The zero-order chi connectivity index (χ0) is 23.5. The van der Waals surface area contributed by atoms with E-state index in [1.807, 2.05) is 43.5 Å². The van der Waals surface area contributed by atoms with E-state index < -0.39 is 0 Å². The van der Waals surface area contributed by atoms with Gasteiger partial charge in [0, 0.05) is 56.3 Å². The Morgan fingerprint density at radius 3 is 2.82 bits per heavy atom. The number of aromatic nitrogens is 4. The molecule has 2 unspecified atom stereocenters. The van der Waals surface area contributed by atoms with Crippen molar-refractivity contribution in [1.82, 2.24) is 25.3 Å². The smallest absolute Gasteiger partial charge is 0.222 e. The lowest BCUT2D eigenvalue weighted by Gasteiger charge is -2.37. The van der Waals surface area contributed by atoms with Crippen LogP contribution >= 0.6 is 0 Å². The van der Waals surface area contributed by atoms with Crippen LogP contribution < -0.4 is 15.5 Å². The van der Waals surface area contributed by atoms with E-state index in [0.717, 1.165) is 68.0 Å². The highest BCUT2D eigenvalue weighted by molar-refractivity contribution is 5.78. The monoisotopic (exact) mass is 457 g/mol. The normalized spacial score (nSPS) is 22.1. The van der Waals surface area contributed by atoms with Crippen LogP contribution in [-0.2, 0) is 4.79 Å². The fourth-order valence-electron chi connectivity index (χ4n) is 5.34. The summed E-state index contributed by atoms with van der Waals surface area (Å²) in [6, 6.07) is 9.84. The first-order chi connectivity index (χ1) is 16.5. The van der Waals surface area contributed by atoms with Crippen LogP contribution in [-0.4, -0.2) is 46.0 Å². The minimum absolute atomic E-state index is 0.111. The standard InChI is InChI=1S/C26H31N7O/c1-18-7-8-21(29-15-18)30-22-13-23(32-24(31-22)20-6-4-11-28-16-20)33-12-10-26(17-33)9-3-5-19(14-26)25(34)27-2/h4,6-8,11,13,15-16,19H,3,5,9-10,12,14,17H2,1-2H3,(H,27,34)(H,29,30,31,32). The van der Waals surface area contributed by atoms with Crippen molar-refractivity contribution in [2.75, 3.05) is 30.4 Å². The summed E-state index contributed by atoms with van der Waals surface area (Å²) < 4.78 is 0. The number of rotatable bonds is 5. The molecule has 2 aliphatic rings. The predicted molar refractivity (Wildman–Crippen MR) is 133 cm³/mol. The molecule has 1 spiro atoms. The van der Waals surface area contributed by atoms with Crippen molar-refractivity contribution in [2.45, 2.75) is 39.0 Å². The Labute approximate surface area is 200 Å². The van der Waals surface area contributed by atoms with Gasteiger partial charge in [-0.25, -0.2) is 15.0 Å². The van der Waals surface area contributed by atoms with Crippen LogP contribution in [0.4, 0.5) is 17.5 Å². The van der Waals surface area contributed by atoms with Crippen molar-refractivity contribution in [2.24, 2.45) is 11.3 Å². The number of pyridine rings is 2. The summed E-state index contributed by atoms with van der Waals surface area (Å²) >= 11 is 0. The van der Waals surface area contributed by atoms with Gasteiger partial charge < -0.3 is 15.5 Å². The van der Waals surface area contributed by atoms with Gasteiger partial charge in [-0.15, -0.1) is 0 Å². The van der Waals surface area contributed by atoms with Gasteiger partial charge in [-0.05, 0) is 61.8 Å². The van der Waals surface area contributed by atoms with Gasteiger partial charge in [0.25, 0.3) is 0 Å². The molecule has 2 N–H and O–H groups in total. The number of carbonyl (C=O) groups excluding carboxylic acids is 1. The lowest BCUT2D eigenvalue weighted by atomic mass is 9.69. The first-order valence-corrected chi connectivity index (χ1v) is 12.0. The van der Waals surface area contributed by atoms with Gasteiger partial charge in [-0.2, -0.15) is 0 Å². The molecule has 1 aliphatic carbocycles. The summed E-state index contributed by atoms with van der Waals surface area (Å²) in [5, 5.41) is 6.19. The Kier molecular flexibility index (Phi) is 6.13. The zero-order valence-electron chi connectivity index (χ0n) is 19.8. The summed E-state index contributed by atoms with van der Waals surface area (Å²) in [4.78, 5) is 33.1. The molecule has 176 valence electrons. The lowest BCUT2D eigenvalue weighted by Crippen LogP contribution is -2.38. The molecule has 2 fully saturated rings. The number of aryl methyl sites for hydroxylation is 1. The summed E-state index contributed by atoms with van der Waals surface area (Å²) in [6.07, 6.45) is 10.6. The maximum atomic E-state index is 12.3. The highest BCUT2D eigenvalue weighted by Crippen LogP contribution is 2.47. The van der Waals surface area contributed by atoms with E-state index in [4.69, 9.17) is 9.97 Å². The van der Waals surface area contributed by atoms with Crippen LogP contribution in [0.3, 0.4) is 0 Å². The van der Waals surface area contributed by atoms with Crippen LogP contribution in [0, 0.1) is 18.3 Å². The van der Waals surface area contributed by atoms with E-state index in [1.54, 1.807) is 19.4 Å². The number of nitrogens with one attached hydrogen (secondary N) is 2. The SMILES string of the molecule is CNC(=O)C1CCCC2(CCN(c3cc(Nc4ccc(C)cn4)nc(-c4cccnc4)n3)C2)C1. The Bertz CT molecular complexity index is 1150. The first-order valence-electron chi connectivity index (χ1n) is 12.0. The van der Waals surface area contributed by atoms with E-state index in [1.165, 1.54) is 0 Å². The molecule has 0 aromatic carbocycles.